The van der Waals surface area contributed by atoms with Crippen molar-refractivity contribution < 1.29 is 9.72 Å². The summed E-state index contributed by atoms with van der Waals surface area (Å²) in [6, 6.07) is 11.0. The Labute approximate surface area is 143 Å². The molecule has 8 nitrogen and oxygen atoms in total. The number of nitrogens with one attached hydrogen (secondary N) is 1. The number of amides is 1. The Morgan fingerprint density at radius 1 is 1.32 bits per heavy atom. The zero-order chi connectivity index (χ0) is 17.8. The summed E-state index contributed by atoms with van der Waals surface area (Å²) in [4.78, 5) is 22.4. The first-order valence-corrected chi connectivity index (χ1v) is 7.72. The summed E-state index contributed by atoms with van der Waals surface area (Å²) in [6.07, 6.45) is 5.58. The fourth-order valence-electron chi connectivity index (χ4n) is 2.52. The minimum atomic E-state index is -0.516. The van der Waals surface area contributed by atoms with Gasteiger partial charge in [0.2, 0.25) is 0 Å². The largest absolute Gasteiger partial charge is 0.350 e. The van der Waals surface area contributed by atoms with E-state index in [0.29, 0.717) is 13.0 Å². The molecule has 0 spiro atoms. The molecule has 0 aliphatic heterocycles. The number of aryl methyl sites for hydroxylation is 1. The lowest BCUT2D eigenvalue weighted by molar-refractivity contribution is -0.384. The van der Waals surface area contributed by atoms with Gasteiger partial charge in [-0.25, -0.2) is 4.68 Å². The lowest BCUT2D eigenvalue weighted by atomic mass is 10.1. The highest BCUT2D eigenvalue weighted by Gasteiger charge is 2.17. The molecule has 0 radical (unpaired) electrons. The number of carbonyl (C=O) groups excluding carboxylic acids is 1. The molecule has 2 aromatic heterocycles. The molecule has 0 bridgehead atoms. The average Bonchev–Trinajstić information content (AvgIpc) is 3.25. The number of carbonyl (C=O) groups is 1. The van der Waals surface area contributed by atoms with Crippen molar-refractivity contribution >= 4 is 11.6 Å². The van der Waals surface area contributed by atoms with Gasteiger partial charge in [0.1, 0.15) is 5.69 Å². The van der Waals surface area contributed by atoms with Gasteiger partial charge in [0.25, 0.3) is 11.6 Å². The molecule has 3 rings (SSSR count). The van der Waals surface area contributed by atoms with Crippen LogP contribution in [-0.2, 0) is 13.5 Å². The molecule has 0 saturated carbocycles. The molecule has 2 heterocycles. The van der Waals surface area contributed by atoms with Crippen LogP contribution in [0.15, 0.2) is 55.0 Å². The highest BCUT2D eigenvalue weighted by Crippen LogP contribution is 2.15. The fraction of sp³-hybridized carbons (Fsp3) is 0.176. The Morgan fingerprint density at radius 3 is 2.68 bits per heavy atom. The van der Waals surface area contributed by atoms with Gasteiger partial charge in [-0.3, -0.25) is 14.9 Å². The number of nitro groups is 1. The Bertz CT molecular complexity index is 882. The second-order valence-electron chi connectivity index (χ2n) is 5.57. The van der Waals surface area contributed by atoms with Crippen molar-refractivity contribution in [3.8, 4) is 5.69 Å². The summed E-state index contributed by atoms with van der Waals surface area (Å²) >= 11 is 0. The van der Waals surface area contributed by atoms with E-state index >= 15 is 0 Å². The maximum absolute atomic E-state index is 12.1. The van der Waals surface area contributed by atoms with Gasteiger partial charge in [-0.1, -0.05) is 12.1 Å². The van der Waals surface area contributed by atoms with E-state index in [4.69, 9.17) is 0 Å². The maximum Gasteiger partial charge on any atom is 0.287 e. The lowest BCUT2D eigenvalue weighted by Gasteiger charge is -2.07. The zero-order valence-electron chi connectivity index (χ0n) is 13.6. The molecule has 0 saturated heterocycles. The van der Waals surface area contributed by atoms with Crippen molar-refractivity contribution in [1.82, 2.24) is 19.7 Å². The van der Waals surface area contributed by atoms with Crippen LogP contribution < -0.4 is 5.32 Å². The molecule has 0 aliphatic carbocycles. The number of benzene rings is 1. The SMILES string of the molecule is Cn1cc([N+](=O)[O-])cc1C(=O)NCCc1ccc(-n2cccn2)cc1. The fourth-order valence-corrected chi connectivity index (χ4v) is 2.52. The number of hydrogen-bond acceptors (Lipinski definition) is 4. The van der Waals surface area contributed by atoms with Crippen LogP contribution in [-0.4, -0.2) is 31.7 Å². The highest BCUT2D eigenvalue weighted by atomic mass is 16.6. The summed E-state index contributed by atoms with van der Waals surface area (Å²) < 4.78 is 3.22. The average molecular weight is 339 g/mol. The summed E-state index contributed by atoms with van der Waals surface area (Å²) in [5.74, 6) is -0.330. The molecule has 0 aliphatic rings. The molecule has 0 fully saturated rings. The third kappa shape index (κ3) is 3.74. The minimum Gasteiger partial charge on any atom is -0.350 e. The van der Waals surface area contributed by atoms with E-state index in [-0.39, 0.29) is 17.3 Å². The molecule has 8 heteroatoms. The normalized spacial score (nSPS) is 10.6. The summed E-state index contributed by atoms with van der Waals surface area (Å²) in [6.45, 7) is 0.443. The molecule has 128 valence electrons. The molecule has 3 aromatic rings. The second kappa shape index (κ2) is 7.00. The van der Waals surface area contributed by atoms with E-state index in [0.717, 1.165) is 11.3 Å². The number of nitrogens with zero attached hydrogens (tertiary/aromatic N) is 4. The zero-order valence-corrected chi connectivity index (χ0v) is 13.6. The lowest BCUT2D eigenvalue weighted by Crippen LogP contribution is -2.27. The number of aromatic nitrogens is 3. The first kappa shape index (κ1) is 16.4. The van der Waals surface area contributed by atoms with Gasteiger partial charge in [-0.2, -0.15) is 5.10 Å². The third-order valence-corrected chi connectivity index (χ3v) is 3.84. The molecular formula is C17H17N5O3. The summed E-state index contributed by atoms with van der Waals surface area (Å²) in [7, 11) is 1.61. The molecule has 1 amide bonds. The molecular weight excluding hydrogens is 322 g/mol. The molecule has 1 N–H and O–H groups in total. The standard InChI is InChI=1S/C17H17N5O3/c1-20-12-15(22(24)25)11-16(20)17(23)18-9-7-13-3-5-14(6-4-13)21-10-2-8-19-21/h2-6,8,10-12H,7,9H2,1H3,(H,18,23). The van der Waals surface area contributed by atoms with E-state index in [1.165, 1.54) is 16.8 Å². The Balaban J connectivity index is 1.56. The van der Waals surface area contributed by atoms with Gasteiger partial charge in [-0.05, 0) is 30.2 Å². The Morgan fingerprint density at radius 2 is 2.08 bits per heavy atom. The van der Waals surface area contributed by atoms with E-state index < -0.39 is 4.92 Å². The Hall–Kier alpha value is -3.42. The predicted molar refractivity (Wildman–Crippen MR) is 91.7 cm³/mol. The van der Waals surface area contributed by atoms with Crippen molar-refractivity contribution in [1.29, 1.82) is 0 Å². The van der Waals surface area contributed by atoms with Gasteiger partial charge in [-0.15, -0.1) is 0 Å². The van der Waals surface area contributed by atoms with Gasteiger partial charge in [0, 0.05) is 32.1 Å². The van der Waals surface area contributed by atoms with Crippen LogP contribution in [0, 0.1) is 10.1 Å². The summed E-state index contributed by atoms with van der Waals surface area (Å²) in [5, 5.41) is 17.7. The first-order chi connectivity index (χ1) is 12.0. The maximum atomic E-state index is 12.1. The molecule has 0 unspecified atom stereocenters. The van der Waals surface area contributed by atoms with Crippen molar-refractivity contribution in [2.24, 2.45) is 7.05 Å². The summed E-state index contributed by atoms with van der Waals surface area (Å²) in [5.41, 5.74) is 2.21. The smallest absolute Gasteiger partial charge is 0.287 e. The van der Waals surface area contributed by atoms with Crippen LogP contribution in [0.5, 0.6) is 0 Å². The van der Waals surface area contributed by atoms with Crippen LogP contribution >= 0.6 is 0 Å². The van der Waals surface area contributed by atoms with Crippen molar-refractivity contribution in [2.75, 3.05) is 6.54 Å². The van der Waals surface area contributed by atoms with Crippen LogP contribution in [0.3, 0.4) is 0 Å². The van der Waals surface area contributed by atoms with Gasteiger partial charge < -0.3 is 9.88 Å². The van der Waals surface area contributed by atoms with Crippen molar-refractivity contribution in [2.45, 2.75) is 6.42 Å². The van der Waals surface area contributed by atoms with Crippen LogP contribution in [0.25, 0.3) is 5.69 Å². The quantitative estimate of drug-likeness (QED) is 0.549. The molecule has 1 aromatic carbocycles. The topological polar surface area (TPSA) is 95.0 Å². The molecule has 0 atom stereocenters. The van der Waals surface area contributed by atoms with Crippen molar-refractivity contribution in [3.63, 3.8) is 0 Å². The van der Waals surface area contributed by atoms with Gasteiger partial charge >= 0.3 is 0 Å². The minimum absolute atomic E-state index is 0.0955. The van der Waals surface area contributed by atoms with Crippen molar-refractivity contribution in [3.05, 3.63) is 76.4 Å². The highest BCUT2D eigenvalue weighted by molar-refractivity contribution is 5.93. The number of rotatable bonds is 6. The van der Waals surface area contributed by atoms with E-state index in [1.807, 2.05) is 36.5 Å². The monoisotopic (exact) mass is 339 g/mol. The van der Waals surface area contributed by atoms with Gasteiger partial charge in [0.15, 0.2) is 0 Å². The molecule has 25 heavy (non-hydrogen) atoms. The predicted octanol–water partition coefficient (Wildman–Crippen LogP) is 2.09. The first-order valence-electron chi connectivity index (χ1n) is 7.72. The second-order valence-corrected chi connectivity index (χ2v) is 5.57. The van der Waals surface area contributed by atoms with E-state index in [9.17, 15) is 14.9 Å². The number of hydrogen-bond donors (Lipinski definition) is 1. The van der Waals surface area contributed by atoms with Gasteiger partial charge in [0.05, 0.1) is 16.8 Å². The Kier molecular flexibility index (Phi) is 4.60. The van der Waals surface area contributed by atoms with E-state index in [2.05, 4.69) is 10.4 Å². The van der Waals surface area contributed by atoms with E-state index in [1.54, 1.807) is 17.9 Å². The van der Waals surface area contributed by atoms with Crippen LogP contribution in [0.1, 0.15) is 16.1 Å². The van der Waals surface area contributed by atoms with Crippen LogP contribution in [0.2, 0.25) is 0 Å². The van der Waals surface area contributed by atoms with Crippen LogP contribution in [0.4, 0.5) is 5.69 Å². The third-order valence-electron chi connectivity index (χ3n) is 3.84.